The average Bonchev–Trinajstić information content (AvgIpc) is 3.03. The third-order valence-corrected chi connectivity index (χ3v) is 6.48. The highest BCUT2D eigenvalue weighted by atomic mass is 35.5. The lowest BCUT2D eigenvalue weighted by atomic mass is 9.79. The second kappa shape index (κ2) is 8.67. The molecule has 3 aromatic rings. The number of carbonyl (C=O) groups is 2. The lowest BCUT2D eigenvalue weighted by Crippen LogP contribution is -2.42. The van der Waals surface area contributed by atoms with Crippen molar-refractivity contribution in [2.45, 2.75) is 52.2 Å². The number of fused-ring (bicyclic) bond motifs is 1. The monoisotopic (exact) mass is 472 g/mol. The van der Waals surface area contributed by atoms with Crippen LogP contribution in [0.1, 0.15) is 49.0 Å². The summed E-state index contributed by atoms with van der Waals surface area (Å²) in [6.45, 7) is 7.17. The molecular formula is C23H25ClN4O3S. The molecular weight excluding hydrogens is 448 g/mol. The Kier molecular flexibility index (Phi) is 6.09. The Hall–Kier alpha value is -2.71. The maximum atomic E-state index is 12.6. The molecule has 0 atom stereocenters. The molecule has 0 radical (unpaired) electrons. The van der Waals surface area contributed by atoms with E-state index in [1.165, 1.54) is 0 Å². The van der Waals surface area contributed by atoms with Crippen LogP contribution >= 0.6 is 22.9 Å². The van der Waals surface area contributed by atoms with Crippen LogP contribution in [0.3, 0.4) is 0 Å². The highest BCUT2D eigenvalue weighted by Gasteiger charge is 2.35. The summed E-state index contributed by atoms with van der Waals surface area (Å²) in [5.41, 5.74) is -0.0387. The molecule has 168 valence electrons. The smallest absolute Gasteiger partial charge is 0.350 e. The minimum absolute atomic E-state index is 0.0959. The number of halogens is 1. The fraction of sp³-hybridized carbons (Fsp3) is 0.391. The molecule has 0 saturated heterocycles. The summed E-state index contributed by atoms with van der Waals surface area (Å²) in [7, 11) is 0. The van der Waals surface area contributed by atoms with E-state index in [9.17, 15) is 9.59 Å². The number of nitrogens with zero attached hydrogens (tertiary/aromatic N) is 2. The number of anilines is 2. The van der Waals surface area contributed by atoms with Crippen LogP contribution in [-0.2, 0) is 9.53 Å². The number of aryl methyl sites for hydroxylation is 1. The number of nitrogens with one attached hydrogen (secondary N) is 2. The summed E-state index contributed by atoms with van der Waals surface area (Å²) in [6.07, 6.45) is 3.13. The van der Waals surface area contributed by atoms with Gasteiger partial charge in [0.15, 0.2) is 5.13 Å². The first-order valence-electron chi connectivity index (χ1n) is 10.4. The topological polar surface area (TPSA) is 93.2 Å². The van der Waals surface area contributed by atoms with E-state index in [-0.39, 0.29) is 17.9 Å². The summed E-state index contributed by atoms with van der Waals surface area (Å²) in [5, 5.41) is 9.35. The van der Waals surface area contributed by atoms with Gasteiger partial charge in [-0.2, -0.15) is 0 Å². The zero-order valence-electron chi connectivity index (χ0n) is 18.4. The van der Waals surface area contributed by atoms with E-state index in [0.29, 0.717) is 33.6 Å². The zero-order valence-corrected chi connectivity index (χ0v) is 19.9. The Morgan fingerprint density at radius 3 is 2.69 bits per heavy atom. The van der Waals surface area contributed by atoms with Gasteiger partial charge in [0.1, 0.15) is 16.3 Å². The van der Waals surface area contributed by atoms with Crippen molar-refractivity contribution in [3.05, 3.63) is 46.1 Å². The van der Waals surface area contributed by atoms with E-state index in [1.54, 1.807) is 13.1 Å². The van der Waals surface area contributed by atoms with Crippen molar-refractivity contribution in [1.82, 2.24) is 9.97 Å². The number of esters is 1. The summed E-state index contributed by atoms with van der Waals surface area (Å²) in [5.74, 6) is 0.122. The van der Waals surface area contributed by atoms with E-state index < -0.39 is 11.6 Å². The summed E-state index contributed by atoms with van der Waals surface area (Å²) < 4.78 is 5.41. The normalized spacial score (nSPS) is 18.2. The molecule has 1 aliphatic carbocycles. The molecule has 2 aromatic heterocycles. The van der Waals surface area contributed by atoms with Gasteiger partial charge in [-0.05, 0) is 64.1 Å². The molecule has 7 nitrogen and oxygen atoms in total. The molecule has 1 amide bonds. The van der Waals surface area contributed by atoms with Gasteiger partial charge in [-0.15, -0.1) is 0 Å². The van der Waals surface area contributed by atoms with Gasteiger partial charge in [-0.3, -0.25) is 4.79 Å². The number of thiazole rings is 1. The van der Waals surface area contributed by atoms with Crippen molar-refractivity contribution in [3.8, 4) is 0 Å². The molecule has 4 rings (SSSR count). The molecule has 1 fully saturated rings. The zero-order chi connectivity index (χ0) is 23.0. The SMILES string of the molecule is Cc1nc(NC(=O)[C@H]2C[C@@H](Nc3nccc4ccc(Cl)cc34)C2)sc1C(=O)OC(C)(C)C. The van der Waals surface area contributed by atoms with Crippen molar-refractivity contribution in [3.63, 3.8) is 0 Å². The Labute approximate surface area is 195 Å². The van der Waals surface area contributed by atoms with Crippen LogP contribution in [0.4, 0.5) is 10.9 Å². The Balaban J connectivity index is 1.34. The lowest BCUT2D eigenvalue weighted by molar-refractivity contribution is -0.122. The van der Waals surface area contributed by atoms with E-state index >= 15 is 0 Å². The number of amides is 1. The molecule has 0 bridgehead atoms. The highest BCUT2D eigenvalue weighted by Crippen LogP contribution is 2.34. The average molecular weight is 473 g/mol. The number of benzene rings is 1. The van der Waals surface area contributed by atoms with Crippen molar-refractivity contribution in [1.29, 1.82) is 0 Å². The molecule has 32 heavy (non-hydrogen) atoms. The Morgan fingerprint density at radius 2 is 1.97 bits per heavy atom. The molecule has 1 aromatic carbocycles. The van der Waals surface area contributed by atoms with Gasteiger partial charge < -0.3 is 15.4 Å². The highest BCUT2D eigenvalue weighted by molar-refractivity contribution is 7.17. The van der Waals surface area contributed by atoms with Crippen molar-refractivity contribution in [2.75, 3.05) is 10.6 Å². The fourth-order valence-electron chi connectivity index (χ4n) is 3.57. The number of hydrogen-bond acceptors (Lipinski definition) is 7. The van der Waals surface area contributed by atoms with Crippen LogP contribution in [0.2, 0.25) is 5.02 Å². The van der Waals surface area contributed by atoms with Crippen LogP contribution in [0, 0.1) is 12.8 Å². The van der Waals surface area contributed by atoms with Crippen LogP contribution < -0.4 is 10.6 Å². The van der Waals surface area contributed by atoms with Gasteiger partial charge in [-0.1, -0.05) is 29.0 Å². The van der Waals surface area contributed by atoms with E-state index in [1.807, 2.05) is 45.0 Å². The van der Waals surface area contributed by atoms with E-state index in [2.05, 4.69) is 20.6 Å². The minimum atomic E-state index is -0.588. The predicted octanol–water partition coefficient (Wildman–Crippen LogP) is 5.44. The number of pyridine rings is 1. The molecule has 2 heterocycles. The van der Waals surface area contributed by atoms with Crippen molar-refractivity contribution < 1.29 is 14.3 Å². The first-order valence-corrected chi connectivity index (χ1v) is 11.6. The van der Waals surface area contributed by atoms with E-state index in [0.717, 1.165) is 27.9 Å². The molecule has 2 N–H and O–H groups in total. The number of aromatic nitrogens is 2. The van der Waals surface area contributed by atoms with Crippen LogP contribution in [-0.4, -0.2) is 33.5 Å². The number of rotatable bonds is 5. The minimum Gasteiger partial charge on any atom is -0.456 e. The third-order valence-electron chi connectivity index (χ3n) is 5.19. The maximum absolute atomic E-state index is 12.6. The van der Waals surface area contributed by atoms with Crippen molar-refractivity contribution in [2.24, 2.45) is 5.92 Å². The molecule has 0 aliphatic heterocycles. The van der Waals surface area contributed by atoms with E-state index in [4.69, 9.17) is 16.3 Å². The van der Waals surface area contributed by atoms with Crippen molar-refractivity contribution >= 4 is 56.5 Å². The van der Waals surface area contributed by atoms with Gasteiger partial charge in [0.2, 0.25) is 5.91 Å². The Morgan fingerprint density at radius 1 is 1.22 bits per heavy atom. The molecule has 9 heteroatoms. The Bertz CT molecular complexity index is 1180. The summed E-state index contributed by atoms with van der Waals surface area (Å²) >= 11 is 7.28. The quantitative estimate of drug-likeness (QED) is 0.480. The van der Waals surface area contributed by atoms with Gasteiger partial charge in [0.25, 0.3) is 0 Å². The molecule has 0 unspecified atom stereocenters. The predicted molar refractivity (Wildman–Crippen MR) is 128 cm³/mol. The first-order chi connectivity index (χ1) is 15.1. The van der Waals surface area contributed by atoms with Gasteiger partial charge in [0, 0.05) is 28.6 Å². The van der Waals surface area contributed by atoms with Crippen LogP contribution in [0.15, 0.2) is 30.5 Å². The summed E-state index contributed by atoms with van der Waals surface area (Å²) in [6, 6.07) is 7.80. The molecule has 0 spiro atoms. The molecule has 1 aliphatic rings. The van der Waals surface area contributed by atoms with Crippen LogP contribution in [0.25, 0.3) is 10.8 Å². The molecule has 1 saturated carbocycles. The standard InChI is InChI=1S/C23H25ClN4O3S/c1-12-18(21(30)31-23(2,3)4)32-22(26-12)28-20(29)14-9-16(10-14)27-19-17-11-15(24)6-5-13(17)7-8-25-19/h5-8,11,14,16H,9-10H2,1-4H3,(H,25,27)(H,26,28,29)/t14-,16+. The number of carbonyl (C=O) groups excluding carboxylic acids is 2. The second-order valence-corrected chi connectivity index (χ2v) is 10.4. The maximum Gasteiger partial charge on any atom is 0.350 e. The van der Waals surface area contributed by atoms with Gasteiger partial charge in [-0.25, -0.2) is 14.8 Å². The third kappa shape index (κ3) is 5.02. The first kappa shape index (κ1) is 22.5. The van der Waals surface area contributed by atoms with Gasteiger partial charge >= 0.3 is 5.97 Å². The summed E-state index contributed by atoms with van der Waals surface area (Å²) in [4.78, 5) is 34.1. The number of ether oxygens (including phenoxy) is 1. The number of hydrogen-bond donors (Lipinski definition) is 2. The largest absolute Gasteiger partial charge is 0.456 e. The second-order valence-electron chi connectivity index (χ2n) is 8.96. The fourth-order valence-corrected chi connectivity index (χ4v) is 4.59. The van der Waals surface area contributed by atoms with Crippen LogP contribution in [0.5, 0.6) is 0 Å². The van der Waals surface area contributed by atoms with Gasteiger partial charge in [0.05, 0.1) is 5.69 Å². The lowest BCUT2D eigenvalue weighted by Gasteiger charge is -2.35.